The zero-order chi connectivity index (χ0) is 18.3. The number of hydrogen-bond acceptors (Lipinski definition) is 4. The van der Waals surface area contributed by atoms with Crippen LogP contribution in [0, 0.1) is 11.2 Å². The van der Waals surface area contributed by atoms with Gasteiger partial charge in [0.1, 0.15) is 5.78 Å². The summed E-state index contributed by atoms with van der Waals surface area (Å²) in [4.78, 5) is 30.8. The van der Waals surface area contributed by atoms with E-state index in [2.05, 4.69) is 10.1 Å². The van der Waals surface area contributed by atoms with E-state index < -0.39 is 5.82 Å². The van der Waals surface area contributed by atoms with Gasteiger partial charge in [-0.2, -0.15) is 5.10 Å². The lowest BCUT2D eigenvalue weighted by Gasteiger charge is -2.32. The van der Waals surface area contributed by atoms with Crippen molar-refractivity contribution in [2.75, 3.05) is 6.54 Å². The average Bonchev–Trinajstić information content (AvgIpc) is 3.22. The summed E-state index contributed by atoms with van der Waals surface area (Å²) < 4.78 is 14.5. The first-order valence-corrected chi connectivity index (χ1v) is 8.98. The van der Waals surface area contributed by atoms with Crippen molar-refractivity contribution in [3.8, 4) is 5.82 Å². The Morgan fingerprint density at radius 1 is 1.15 bits per heavy atom. The minimum atomic E-state index is -0.414. The van der Waals surface area contributed by atoms with Crippen molar-refractivity contribution in [2.24, 2.45) is 5.41 Å². The molecule has 2 fully saturated rings. The van der Waals surface area contributed by atoms with Crippen LogP contribution in [0.5, 0.6) is 0 Å². The van der Waals surface area contributed by atoms with Crippen LogP contribution in [-0.2, 0) is 9.59 Å². The second kappa shape index (κ2) is 6.30. The van der Waals surface area contributed by atoms with E-state index >= 15 is 0 Å². The van der Waals surface area contributed by atoms with Gasteiger partial charge >= 0.3 is 0 Å². The van der Waals surface area contributed by atoms with E-state index in [9.17, 15) is 14.0 Å². The van der Waals surface area contributed by atoms with Gasteiger partial charge in [0.05, 0.1) is 23.9 Å². The average molecular weight is 356 g/mol. The predicted octanol–water partition coefficient (Wildman–Crippen LogP) is 2.83. The minimum Gasteiger partial charge on any atom is -0.335 e. The second-order valence-corrected chi connectivity index (χ2v) is 7.30. The first-order chi connectivity index (χ1) is 12.5. The van der Waals surface area contributed by atoms with Crippen LogP contribution in [0.1, 0.15) is 50.6 Å². The SMILES string of the molecule is C[C@@H](c1ccc(-n2cc(F)cn2)nc1)N1CCC2(CCC(=O)CC2)C1=O. The van der Waals surface area contributed by atoms with E-state index in [1.54, 1.807) is 12.3 Å². The summed E-state index contributed by atoms with van der Waals surface area (Å²) in [5, 5.41) is 3.90. The Labute approximate surface area is 151 Å². The van der Waals surface area contributed by atoms with Crippen LogP contribution in [0.15, 0.2) is 30.7 Å². The number of Topliss-reactive ketones (excluding diaryl/α,β-unsaturated/α-hetero) is 1. The molecule has 0 radical (unpaired) electrons. The molecular weight excluding hydrogens is 335 g/mol. The number of hydrogen-bond donors (Lipinski definition) is 0. The lowest BCUT2D eigenvalue weighted by atomic mass is 9.72. The molecule has 26 heavy (non-hydrogen) atoms. The number of halogens is 1. The highest BCUT2D eigenvalue weighted by atomic mass is 19.1. The van der Waals surface area contributed by atoms with E-state index in [-0.39, 0.29) is 23.1 Å². The maximum atomic E-state index is 13.1. The molecule has 0 aromatic carbocycles. The van der Waals surface area contributed by atoms with Gasteiger partial charge < -0.3 is 4.90 Å². The third-order valence-corrected chi connectivity index (χ3v) is 5.82. The van der Waals surface area contributed by atoms with Crippen molar-refractivity contribution in [3.05, 3.63) is 42.1 Å². The van der Waals surface area contributed by atoms with Gasteiger partial charge in [0.2, 0.25) is 5.91 Å². The summed E-state index contributed by atoms with van der Waals surface area (Å²) in [7, 11) is 0. The summed E-state index contributed by atoms with van der Waals surface area (Å²) in [6.07, 6.45) is 7.32. The van der Waals surface area contributed by atoms with Crippen molar-refractivity contribution < 1.29 is 14.0 Å². The van der Waals surface area contributed by atoms with E-state index in [4.69, 9.17) is 0 Å². The van der Waals surface area contributed by atoms with Crippen molar-refractivity contribution in [1.82, 2.24) is 19.7 Å². The number of rotatable bonds is 3. The van der Waals surface area contributed by atoms with E-state index in [1.807, 2.05) is 17.9 Å². The zero-order valence-corrected chi connectivity index (χ0v) is 14.7. The van der Waals surface area contributed by atoms with E-state index in [0.29, 0.717) is 38.0 Å². The topological polar surface area (TPSA) is 68.1 Å². The van der Waals surface area contributed by atoms with Crippen LogP contribution in [0.3, 0.4) is 0 Å². The number of aromatic nitrogens is 3. The van der Waals surface area contributed by atoms with Gasteiger partial charge in [-0.25, -0.2) is 14.1 Å². The van der Waals surface area contributed by atoms with Gasteiger partial charge in [0.15, 0.2) is 11.6 Å². The molecule has 1 spiro atoms. The molecule has 7 heteroatoms. The summed E-state index contributed by atoms with van der Waals surface area (Å²) in [5.74, 6) is 0.545. The molecule has 1 amide bonds. The highest BCUT2D eigenvalue weighted by molar-refractivity contribution is 5.89. The molecular formula is C19H21FN4O2. The molecule has 6 nitrogen and oxygen atoms in total. The number of carbonyl (C=O) groups excluding carboxylic acids is 2. The van der Waals surface area contributed by atoms with Crippen molar-refractivity contribution in [2.45, 2.75) is 45.1 Å². The lowest BCUT2D eigenvalue weighted by Crippen LogP contribution is -2.38. The van der Waals surface area contributed by atoms with Crippen molar-refractivity contribution in [3.63, 3.8) is 0 Å². The van der Waals surface area contributed by atoms with Gasteiger partial charge in [-0.05, 0) is 37.8 Å². The van der Waals surface area contributed by atoms with Crippen molar-refractivity contribution >= 4 is 11.7 Å². The smallest absolute Gasteiger partial charge is 0.229 e. The predicted molar refractivity (Wildman–Crippen MR) is 92.0 cm³/mol. The molecule has 136 valence electrons. The number of ketones is 1. The normalized spacial score (nSPS) is 20.8. The molecule has 4 rings (SSSR count). The third-order valence-electron chi connectivity index (χ3n) is 5.82. The second-order valence-electron chi connectivity index (χ2n) is 7.30. The standard InChI is InChI=1S/C19H21FN4O2/c1-13(14-2-3-17(21-10-14)24-12-15(20)11-22-24)23-9-8-19(18(23)26)6-4-16(25)5-7-19/h2-3,10-13H,4-9H2,1H3/t13-/m0/s1. The minimum absolute atomic E-state index is 0.0876. The Hall–Kier alpha value is -2.57. The monoisotopic (exact) mass is 356 g/mol. The number of likely N-dealkylation sites (tertiary alicyclic amines) is 1. The maximum absolute atomic E-state index is 13.1. The fourth-order valence-corrected chi connectivity index (χ4v) is 4.07. The Kier molecular flexibility index (Phi) is 4.09. The molecule has 1 aliphatic heterocycles. The summed E-state index contributed by atoms with van der Waals surface area (Å²) in [6, 6.07) is 3.58. The van der Waals surface area contributed by atoms with Gasteiger partial charge in [-0.15, -0.1) is 0 Å². The first kappa shape index (κ1) is 16.9. The number of pyridine rings is 1. The van der Waals surface area contributed by atoms with Crippen LogP contribution in [0.25, 0.3) is 5.82 Å². The summed E-state index contributed by atoms with van der Waals surface area (Å²) in [5.41, 5.74) is 0.584. The van der Waals surface area contributed by atoms with E-state index in [1.165, 1.54) is 10.9 Å². The largest absolute Gasteiger partial charge is 0.335 e. The fraction of sp³-hybridized carbons (Fsp3) is 0.474. The molecule has 1 atom stereocenters. The Bertz CT molecular complexity index is 835. The number of amides is 1. The highest BCUT2D eigenvalue weighted by Crippen LogP contribution is 2.46. The summed E-state index contributed by atoms with van der Waals surface area (Å²) in [6.45, 7) is 2.70. The molecule has 0 unspecified atom stereocenters. The van der Waals surface area contributed by atoms with Crippen LogP contribution in [0.4, 0.5) is 4.39 Å². The molecule has 0 bridgehead atoms. The van der Waals surface area contributed by atoms with Crippen LogP contribution in [0.2, 0.25) is 0 Å². The lowest BCUT2D eigenvalue weighted by molar-refractivity contribution is -0.140. The number of carbonyl (C=O) groups is 2. The third kappa shape index (κ3) is 2.81. The van der Waals surface area contributed by atoms with Crippen molar-refractivity contribution in [1.29, 1.82) is 0 Å². The Balaban J connectivity index is 1.50. The van der Waals surface area contributed by atoms with Gasteiger partial charge in [-0.1, -0.05) is 6.07 Å². The summed E-state index contributed by atoms with van der Waals surface area (Å²) >= 11 is 0. The Morgan fingerprint density at radius 2 is 1.92 bits per heavy atom. The van der Waals surface area contributed by atoms with E-state index in [0.717, 1.165) is 18.2 Å². The molecule has 1 saturated carbocycles. The molecule has 3 heterocycles. The van der Waals surface area contributed by atoms with Crippen LogP contribution in [-0.4, -0.2) is 37.9 Å². The number of nitrogens with zero attached hydrogens (tertiary/aromatic N) is 4. The quantitative estimate of drug-likeness (QED) is 0.848. The van der Waals surface area contributed by atoms with Gasteiger partial charge in [0.25, 0.3) is 0 Å². The first-order valence-electron chi connectivity index (χ1n) is 8.98. The Morgan fingerprint density at radius 3 is 2.54 bits per heavy atom. The molecule has 1 saturated heterocycles. The fourth-order valence-electron chi connectivity index (χ4n) is 4.07. The van der Waals surface area contributed by atoms with Crippen LogP contribution < -0.4 is 0 Å². The molecule has 2 aliphatic rings. The van der Waals surface area contributed by atoms with Gasteiger partial charge in [-0.3, -0.25) is 9.59 Å². The molecule has 2 aromatic rings. The molecule has 2 aromatic heterocycles. The molecule has 1 aliphatic carbocycles. The van der Waals surface area contributed by atoms with Crippen LogP contribution >= 0.6 is 0 Å². The van der Waals surface area contributed by atoms with Gasteiger partial charge in [0, 0.05) is 25.6 Å². The zero-order valence-electron chi connectivity index (χ0n) is 14.7. The highest BCUT2D eigenvalue weighted by Gasteiger charge is 2.49. The maximum Gasteiger partial charge on any atom is 0.229 e. The molecule has 0 N–H and O–H groups in total.